The summed E-state index contributed by atoms with van der Waals surface area (Å²) in [5.41, 5.74) is 6.25. The van der Waals surface area contributed by atoms with E-state index in [0.717, 1.165) is 33.4 Å². The zero-order valence-electron chi connectivity index (χ0n) is 25.8. The zero-order chi connectivity index (χ0) is 28.7. The lowest BCUT2D eigenvalue weighted by molar-refractivity contribution is 0.584. The van der Waals surface area contributed by atoms with Crippen LogP contribution in [0.15, 0.2) is 53.7 Å². The minimum Gasteiger partial charge on any atom is -0.367 e. The monoisotopic (exact) mass is 547 g/mol. The molecular weight excluding hydrogens is 498 g/mol. The van der Waals surface area contributed by atoms with Crippen LogP contribution in [0, 0.1) is 5.92 Å². The first kappa shape index (κ1) is 30.9. The topological polar surface area (TPSA) is 45.2 Å². The Morgan fingerprint density at radius 1 is 0.615 bits per heavy atom. The van der Waals surface area contributed by atoms with Gasteiger partial charge in [-0.1, -0.05) is 62.7 Å². The largest absolute Gasteiger partial charge is 0.367 e. The second-order valence-electron chi connectivity index (χ2n) is 11.8. The highest BCUT2D eigenvalue weighted by Crippen LogP contribution is 2.33. The van der Waals surface area contributed by atoms with Crippen molar-refractivity contribution >= 4 is 23.1 Å². The van der Waals surface area contributed by atoms with E-state index in [1.807, 2.05) is 0 Å². The molecule has 1 aromatic heterocycles. The smallest absolute Gasteiger partial charge is 0.209 e. The van der Waals surface area contributed by atoms with Gasteiger partial charge in [0.1, 0.15) is 11.4 Å². The van der Waals surface area contributed by atoms with Gasteiger partial charge < -0.3 is 9.80 Å². The van der Waals surface area contributed by atoms with Crippen molar-refractivity contribution in [1.82, 2.24) is 15.2 Å². The predicted molar refractivity (Wildman–Crippen MR) is 171 cm³/mol. The van der Waals surface area contributed by atoms with Crippen molar-refractivity contribution in [2.24, 2.45) is 5.92 Å². The molecule has 1 heterocycles. The standard InChI is InChI=1S/C33H49N5S/c1-11-12-26(10)21-39-33-34-31(27-13-17-29(18-14-27)37(22(2)3)23(4)5)32(35-36-33)28-15-19-30(20-16-28)38(24(6)7)25(8)9/h13-20,22-26H,11-12,21H2,1-10H3. The molecule has 212 valence electrons. The maximum Gasteiger partial charge on any atom is 0.209 e. The van der Waals surface area contributed by atoms with Crippen LogP contribution in [-0.4, -0.2) is 45.1 Å². The molecule has 5 nitrogen and oxygen atoms in total. The molecule has 39 heavy (non-hydrogen) atoms. The van der Waals surface area contributed by atoms with Gasteiger partial charge in [0.05, 0.1) is 0 Å². The highest BCUT2D eigenvalue weighted by atomic mass is 32.2. The SMILES string of the molecule is CCCC(C)CSc1nnc(-c2ccc(N(C(C)C)C(C)C)cc2)c(-c2ccc(N(C(C)C)C(C)C)cc2)n1. The molecule has 0 saturated heterocycles. The van der Waals surface area contributed by atoms with Gasteiger partial charge in [-0.05, 0) is 85.6 Å². The third-order valence-electron chi connectivity index (χ3n) is 7.05. The highest BCUT2D eigenvalue weighted by molar-refractivity contribution is 7.99. The third kappa shape index (κ3) is 7.97. The van der Waals surface area contributed by atoms with E-state index in [1.54, 1.807) is 11.8 Å². The first-order chi connectivity index (χ1) is 18.5. The van der Waals surface area contributed by atoms with Crippen LogP contribution in [0.1, 0.15) is 82.1 Å². The average Bonchev–Trinajstić information content (AvgIpc) is 2.88. The van der Waals surface area contributed by atoms with Gasteiger partial charge in [-0.15, -0.1) is 10.2 Å². The summed E-state index contributed by atoms with van der Waals surface area (Å²) in [4.78, 5) is 9.94. The normalized spacial score (nSPS) is 12.6. The predicted octanol–water partition coefficient (Wildman–Crippen LogP) is 8.98. The molecule has 0 N–H and O–H groups in total. The Labute approximate surface area is 241 Å². The maximum absolute atomic E-state index is 5.08. The number of hydrogen-bond donors (Lipinski definition) is 0. The van der Waals surface area contributed by atoms with Gasteiger partial charge in [0.15, 0.2) is 0 Å². The van der Waals surface area contributed by atoms with E-state index in [0.29, 0.717) is 30.1 Å². The Kier molecular flexibility index (Phi) is 11.2. The molecule has 3 rings (SSSR count). The number of nitrogens with zero attached hydrogens (tertiary/aromatic N) is 5. The van der Waals surface area contributed by atoms with Crippen LogP contribution in [0.5, 0.6) is 0 Å². The van der Waals surface area contributed by atoms with E-state index >= 15 is 0 Å². The lowest BCUT2D eigenvalue weighted by atomic mass is 10.0. The number of thioether (sulfide) groups is 1. The Morgan fingerprint density at radius 3 is 1.46 bits per heavy atom. The second-order valence-corrected chi connectivity index (χ2v) is 12.8. The Morgan fingerprint density at radius 2 is 1.05 bits per heavy atom. The van der Waals surface area contributed by atoms with E-state index in [1.165, 1.54) is 24.2 Å². The molecule has 0 spiro atoms. The Hall–Kier alpha value is -2.60. The van der Waals surface area contributed by atoms with Gasteiger partial charge in [0.2, 0.25) is 5.16 Å². The molecule has 0 bridgehead atoms. The van der Waals surface area contributed by atoms with Crippen LogP contribution in [0.2, 0.25) is 0 Å². The van der Waals surface area contributed by atoms with Gasteiger partial charge in [-0.2, -0.15) is 0 Å². The average molecular weight is 548 g/mol. The molecule has 0 amide bonds. The van der Waals surface area contributed by atoms with Crippen LogP contribution in [0.25, 0.3) is 22.5 Å². The number of benzene rings is 2. The van der Waals surface area contributed by atoms with Gasteiger partial charge in [0, 0.05) is 52.4 Å². The van der Waals surface area contributed by atoms with Crippen LogP contribution in [0.4, 0.5) is 11.4 Å². The van der Waals surface area contributed by atoms with Crippen LogP contribution in [-0.2, 0) is 0 Å². The molecule has 2 aromatic carbocycles. The fourth-order valence-corrected chi connectivity index (χ4v) is 6.38. The van der Waals surface area contributed by atoms with Crippen molar-refractivity contribution in [3.05, 3.63) is 48.5 Å². The second kappa shape index (κ2) is 14.2. The molecule has 0 radical (unpaired) electrons. The lowest BCUT2D eigenvalue weighted by Crippen LogP contribution is -2.36. The lowest BCUT2D eigenvalue weighted by Gasteiger charge is -2.33. The Balaban J connectivity index is 2.02. The van der Waals surface area contributed by atoms with Crippen molar-refractivity contribution in [1.29, 1.82) is 0 Å². The number of anilines is 2. The van der Waals surface area contributed by atoms with Crippen molar-refractivity contribution in [2.45, 2.75) is 111 Å². The molecule has 0 saturated carbocycles. The molecular formula is C33H49N5S. The first-order valence-corrected chi connectivity index (χ1v) is 15.7. The minimum atomic E-state index is 0.425. The van der Waals surface area contributed by atoms with E-state index < -0.39 is 0 Å². The summed E-state index contributed by atoms with van der Waals surface area (Å²) in [6, 6.07) is 19.2. The summed E-state index contributed by atoms with van der Waals surface area (Å²) >= 11 is 1.71. The van der Waals surface area contributed by atoms with E-state index in [2.05, 4.69) is 133 Å². The van der Waals surface area contributed by atoms with Crippen LogP contribution >= 0.6 is 11.8 Å². The van der Waals surface area contributed by atoms with E-state index in [9.17, 15) is 0 Å². The van der Waals surface area contributed by atoms with Crippen LogP contribution in [0.3, 0.4) is 0 Å². The summed E-state index contributed by atoms with van der Waals surface area (Å²) in [5.74, 6) is 1.63. The first-order valence-electron chi connectivity index (χ1n) is 14.7. The molecule has 1 atom stereocenters. The van der Waals surface area contributed by atoms with Gasteiger partial charge in [0.25, 0.3) is 0 Å². The quantitative estimate of drug-likeness (QED) is 0.199. The molecule has 3 aromatic rings. The summed E-state index contributed by atoms with van der Waals surface area (Å²) in [6.07, 6.45) is 2.41. The molecule has 0 aliphatic carbocycles. The van der Waals surface area contributed by atoms with Crippen molar-refractivity contribution in [3.63, 3.8) is 0 Å². The number of hydrogen-bond acceptors (Lipinski definition) is 6. The molecule has 0 aliphatic heterocycles. The molecule has 0 aliphatic rings. The van der Waals surface area contributed by atoms with E-state index in [4.69, 9.17) is 10.1 Å². The number of aromatic nitrogens is 3. The Bertz CT molecular complexity index is 1140. The van der Waals surface area contributed by atoms with Crippen molar-refractivity contribution in [3.8, 4) is 22.5 Å². The van der Waals surface area contributed by atoms with Gasteiger partial charge in [-0.3, -0.25) is 0 Å². The maximum atomic E-state index is 5.08. The fraction of sp³-hybridized carbons (Fsp3) is 0.545. The van der Waals surface area contributed by atoms with Gasteiger partial charge >= 0.3 is 0 Å². The molecule has 6 heteroatoms. The van der Waals surface area contributed by atoms with Crippen molar-refractivity contribution in [2.75, 3.05) is 15.6 Å². The molecule has 1 unspecified atom stereocenters. The van der Waals surface area contributed by atoms with E-state index in [-0.39, 0.29) is 0 Å². The van der Waals surface area contributed by atoms with Crippen LogP contribution < -0.4 is 9.80 Å². The minimum absolute atomic E-state index is 0.425. The third-order valence-corrected chi connectivity index (χ3v) is 8.22. The zero-order valence-corrected chi connectivity index (χ0v) is 26.6. The van der Waals surface area contributed by atoms with Gasteiger partial charge in [-0.25, -0.2) is 4.98 Å². The highest BCUT2D eigenvalue weighted by Gasteiger charge is 2.19. The summed E-state index contributed by atoms with van der Waals surface area (Å²) in [7, 11) is 0. The summed E-state index contributed by atoms with van der Waals surface area (Å²) < 4.78 is 0. The summed E-state index contributed by atoms with van der Waals surface area (Å²) in [5, 5.41) is 10.1. The van der Waals surface area contributed by atoms with Crippen molar-refractivity contribution < 1.29 is 0 Å². The fourth-order valence-electron chi connectivity index (χ4n) is 5.53. The number of rotatable bonds is 13. The molecule has 0 fully saturated rings. The summed E-state index contributed by atoms with van der Waals surface area (Å²) in [6.45, 7) is 22.5.